The average molecular weight is 252 g/mol. The Morgan fingerprint density at radius 2 is 2.00 bits per heavy atom. The number of aliphatic hydroxyl groups excluding tert-OH is 1. The largest absolute Gasteiger partial charge is 0.394 e. The minimum atomic E-state index is 0.0563. The van der Waals surface area contributed by atoms with E-state index in [1.165, 1.54) is 12.8 Å². The number of aryl methyl sites for hydroxylation is 1. The molecule has 18 heavy (non-hydrogen) atoms. The summed E-state index contributed by atoms with van der Waals surface area (Å²) in [5, 5.41) is 17.7. The number of rotatable bonds is 4. The molecule has 1 aliphatic rings. The van der Waals surface area contributed by atoms with Gasteiger partial charge < -0.3 is 15.4 Å². The van der Waals surface area contributed by atoms with E-state index in [2.05, 4.69) is 14.8 Å². The Balaban J connectivity index is 2.05. The Morgan fingerprint density at radius 3 is 2.61 bits per heavy atom. The molecule has 0 spiro atoms. The van der Waals surface area contributed by atoms with Crippen LogP contribution < -0.4 is 5.73 Å². The van der Waals surface area contributed by atoms with E-state index in [1.807, 2.05) is 13.8 Å². The number of aliphatic hydroxyl groups is 1. The summed E-state index contributed by atoms with van der Waals surface area (Å²) in [4.78, 5) is 0. The smallest absolute Gasteiger partial charge is 0.133 e. The first-order valence-corrected chi connectivity index (χ1v) is 6.88. The lowest BCUT2D eigenvalue weighted by Gasteiger charge is -2.26. The van der Waals surface area contributed by atoms with Gasteiger partial charge in [0, 0.05) is 12.5 Å². The summed E-state index contributed by atoms with van der Waals surface area (Å²) in [6.45, 7) is 4.07. The fraction of sp³-hybridized carbons (Fsp3) is 0.846. The second kappa shape index (κ2) is 5.80. The van der Waals surface area contributed by atoms with Gasteiger partial charge in [0.1, 0.15) is 11.6 Å². The van der Waals surface area contributed by atoms with Crippen LogP contribution in [0.2, 0.25) is 0 Å². The maximum atomic E-state index is 9.30. The Bertz CT molecular complexity index is 382. The van der Waals surface area contributed by atoms with Crippen LogP contribution in [0.5, 0.6) is 0 Å². The van der Waals surface area contributed by atoms with Crippen molar-refractivity contribution in [2.24, 2.45) is 11.7 Å². The first-order chi connectivity index (χ1) is 8.61. The highest BCUT2D eigenvalue weighted by atomic mass is 16.3. The minimum Gasteiger partial charge on any atom is -0.394 e. The van der Waals surface area contributed by atoms with Crippen molar-refractivity contribution in [3.63, 3.8) is 0 Å². The van der Waals surface area contributed by atoms with Crippen LogP contribution in [-0.4, -0.2) is 32.5 Å². The van der Waals surface area contributed by atoms with Crippen LogP contribution in [0.3, 0.4) is 0 Å². The van der Waals surface area contributed by atoms with Crippen LogP contribution >= 0.6 is 0 Å². The monoisotopic (exact) mass is 252 g/mol. The molecule has 1 unspecified atom stereocenters. The zero-order valence-corrected chi connectivity index (χ0v) is 11.3. The molecule has 1 aromatic rings. The molecule has 1 saturated carbocycles. The van der Waals surface area contributed by atoms with E-state index in [-0.39, 0.29) is 12.6 Å². The summed E-state index contributed by atoms with van der Waals surface area (Å²) in [7, 11) is 0. The van der Waals surface area contributed by atoms with E-state index in [9.17, 15) is 5.11 Å². The molecule has 0 radical (unpaired) electrons. The molecule has 0 aliphatic heterocycles. The molecule has 0 aromatic carbocycles. The van der Waals surface area contributed by atoms with E-state index in [0.717, 1.165) is 30.9 Å². The SMILES string of the molecule is Cc1nnc(CC2CCC(N)CC2)n1C(C)CO. The van der Waals surface area contributed by atoms with Gasteiger partial charge in [-0.1, -0.05) is 0 Å². The second-order valence-corrected chi connectivity index (χ2v) is 5.55. The van der Waals surface area contributed by atoms with Crippen LogP contribution in [0.4, 0.5) is 0 Å². The summed E-state index contributed by atoms with van der Waals surface area (Å²) >= 11 is 0. The van der Waals surface area contributed by atoms with Crippen molar-refractivity contribution in [2.75, 3.05) is 6.61 Å². The van der Waals surface area contributed by atoms with Gasteiger partial charge in [-0.2, -0.15) is 0 Å². The molecule has 5 nitrogen and oxygen atoms in total. The van der Waals surface area contributed by atoms with E-state index in [0.29, 0.717) is 12.0 Å². The number of nitrogens with zero attached hydrogens (tertiary/aromatic N) is 3. The molecular formula is C13H24N4O. The summed E-state index contributed by atoms with van der Waals surface area (Å²) in [5.74, 6) is 2.56. The molecule has 1 fully saturated rings. The average Bonchev–Trinajstić information content (AvgIpc) is 2.72. The number of nitrogens with two attached hydrogens (primary N) is 1. The Labute approximate surface area is 108 Å². The fourth-order valence-electron chi connectivity index (χ4n) is 2.86. The van der Waals surface area contributed by atoms with E-state index < -0.39 is 0 Å². The van der Waals surface area contributed by atoms with Crippen molar-refractivity contribution in [1.29, 1.82) is 0 Å². The second-order valence-electron chi connectivity index (χ2n) is 5.55. The van der Waals surface area contributed by atoms with Gasteiger partial charge in [0.2, 0.25) is 0 Å². The molecule has 1 atom stereocenters. The summed E-state index contributed by atoms with van der Waals surface area (Å²) in [6, 6.07) is 0.443. The maximum Gasteiger partial charge on any atom is 0.133 e. The van der Waals surface area contributed by atoms with Gasteiger partial charge in [0.15, 0.2) is 0 Å². The Hall–Kier alpha value is -0.940. The van der Waals surface area contributed by atoms with Crippen LogP contribution in [-0.2, 0) is 6.42 Å². The quantitative estimate of drug-likeness (QED) is 0.844. The van der Waals surface area contributed by atoms with Crippen molar-refractivity contribution in [3.05, 3.63) is 11.6 Å². The fourth-order valence-corrected chi connectivity index (χ4v) is 2.86. The summed E-state index contributed by atoms with van der Waals surface area (Å²) in [6.07, 6.45) is 5.56. The van der Waals surface area contributed by atoms with Crippen molar-refractivity contribution in [1.82, 2.24) is 14.8 Å². The number of hydrogen-bond donors (Lipinski definition) is 2. The van der Waals surface area contributed by atoms with Crippen LogP contribution in [0.1, 0.15) is 50.3 Å². The third-order valence-corrected chi connectivity index (χ3v) is 4.00. The number of hydrogen-bond acceptors (Lipinski definition) is 4. The van der Waals surface area contributed by atoms with Crippen LogP contribution in [0.25, 0.3) is 0 Å². The lowest BCUT2D eigenvalue weighted by atomic mass is 9.84. The summed E-state index contributed by atoms with van der Waals surface area (Å²) < 4.78 is 2.06. The molecule has 0 bridgehead atoms. The zero-order valence-electron chi connectivity index (χ0n) is 11.3. The van der Waals surface area contributed by atoms with Crippen LogP contribution in [0.15, 0.2) is 0 Å². The molecule has 2 rings (SSSR count). The highest BCUT2D eigenvalue weighted by Gasteiger charge is 2.22. The van der Waals surface area contributed by atoms with Crippen molar-refractivity contribution >= 4 is 0 Å². The van der Waals surface area contributed by atoms with Gasteiger partial charge in [-0.25, -0.2) is 0 Å². The molecular weight excluding hydrogens is 228 g/mol. The predicted octanol–water partition coefficient (Wildman–Crippen LogP) is 1.20. The molecule has 1 aromatic heterocycles. The topological polar surface area (TPSA) is 77.0 Å². The van der Waals surface area contributed by atoms with E-state index in [4.69, 9.17) is 5.73 Å². The first kappa shape index (κ1) is 13.5. The standard InChI is InChI=1S/C13H24N4O/c1-9(8-18)17-10(2)15-16-13(17)7-11-3-5-12(14)6-4-11/h9,11-12,18H,3-8,14H2,1-2H3. The Kier molecular flexibility index (Phi) is 4.35. The van der Waals surface area contributed by atoms with Crippen LogP contribution in [0, 0.1) is 12.8 Å². The minimum absolute atomic E-state index is 0.0563. The number of aromatic nitrogens is 3. The third kappa shape index (κ3) is 2.90. The van der Waals surface area contributed by atoms with E-state index >= 15 is 0 Å². The van der Waals surface area contributed by atoms with Gasteiger partial charge in [-0.15, -0.1) is 10.2 Å². The van der Waals surface area contributed by atoms with Gasteiger partial charge in [-0.3, -0.25) is 0 Å². The third-order valence-electron chi connectivity index (χ3n) is 4.00. The molecule has 0 saturated heterocycles. The highest BCUT2D eigenvalue weighted by molar-refractivity contribution is 4.98. The van der Waals surface area contributed by atoms with Gasteiger partial charge in [0.25, 0.3) is 0 Å². The molecule has 1 aliphatic carbocycles. The predicted molar refractivity (Wildman–Crippen MR) is 70.2 cm³/mol. The van der Waals surface area contributed by atoms with Crippen molar-refractivity contribution in [2.45, 2.75) is 58.0 Å². The lowest BCUT2D eigenvalue weighted by Crippen LogP contribution is -2.28. The molecule has 1 heterocycles. The highest BCUT2D eigenvalue weighted by Crippen LogP contribution is 2.26. The first-order valence-electron chi connectivity index (χ1n) is 6.88. The maximum absolute atomic E-state index is 9.30. The summed E-state index contributed by atoms with van der Waals surface area (Å²) in [5.41, 5.74) is 5.93. The molecule has 102 valence electrons. The zero-order chi connectivity index (χ0) is 13.1. The lowest BCUT2D eigenvalue weighted by molar-refractivity contribution is 0.231. The van der Waals surface area contributed by atoms with Gasteiger partial charge >= 0.3 is 0 Å². The molecule has 0 amide bonds. The van der Waals surface area contributed by atoms with Gasteiger partial charge in [0.05, 0.1) is 12.6 Å². The normalized spacial score (nSPS) is 26.2. The van der Waals surface area contributed by atoms with E-state index in [1.54, 1.807) is 0 Å². The van der Waals surface area contributed by atoms with Crippen molar-refractivity contribution in [3.8, 4) is 0 Å². The van der Waals surface area contributed by atoms with Gasteiger partial charge in [-0.05, 0) is 45.4 Å². The van der Waals surface area contributed by atoms with Crippen molar-refractivity contribution < 1.29 is 5.11 Å². The Morgan fingerprint density at radius 1 is 1.33 bits per heavy atom. The molecule has 3 N–H and O–H groups in total. The molecule has 5 heteroatoms.